The highest BCUT2D eigenvalue weighted by atomic mass is 15.3. The molecule has 0 aliphatic heterocycles. The highest BCUT2D eigenvalue weighted by Crippen LogP contribution is 2.40. The van der Waals surface area contributed by atoms with Crippen molar-refractivity contribution in [1.82, 2.24) is 15.1 Å². The predicted octanol–water partition coefficient (Wildman–Crippen LogP) is 2.92. The minimum atomic E-state index is 0.441. The average molecular weight is 235 g/mol. The molecule has 2 unspecified atom stereocenters. The zero-order valence-electron chi connectivity index (χ0n) is 11.5. The van der Waals surface area contributed by atoms with Crippen LogP contribution in [0.25, 0.3) is 0 Å². The van der Waals surface area contributed by atoms with Crippen molar-refractivity contribution in [3.63, 3.8) is 0 Å². The SMILES string of the molecule is CCNC1CCC(C)(C)CC1n1cc(C)cn1. The van der Waals surface area contributed by atoms with Crippen LogP contribution in [0.3, 0.4) is 0 Å². The molecule has 1 aliphatic carbocycles. The Morgan fingerprint density at radius 3 is 2.88 bits per heavy atom. The van der Waals surface area contributed by atoms with E-state index in [0.717, 1.165) is 6.54 Å². The predicted molar refractivity (Wildman–Crippen MR) is 71.1 cm³/mol. The Hall–Kier alpha value is -0.830. The fraction of sp³-hybridized carbons (Fsp3) is 0.786. The second-order valence-electron chi connectivity index (χ2n) is 6.14. The monoisotopic (exact) mass is 235 g/mol. The molecule has 0 radical (unpaired) electrons. The molecule has 1 fully saturated rings. The minimum absolute atomic E-state index is 0.441. The van der Waals surface area contributed by atoms with Crippen molar-refractivity contribution in [2.75, 3.05) is 6.54 Å². The van der Waals surface area contributed by atoms with Gasteiger partial charge in [0.15, 0.2) is 0 Å². The number of hydrogen-bond acceptors (Lipinski definition) is 2. The van der Waals surface area contributed by atoms with Crippen molar-refractivity contribution in [2.24, 2.45) is 5.41 Å². The molecule has 1 N–H and O–H groups in total. The van der Waals surface area contributed by atoms with Gasteiger partial charge in [-0.2, -0.15) is 5.10 Å². The number of rotatable bonds is 3. The molecular formula is C14H25N3. The van der Waals surface area contributed by atoms with Crippen molar-refractivity contribution >= 4 is 0 Å². The van der Waals surface area contributed by atoms with Crippen LogP contribution in [-0.2, 0) is 0 Å². The van der Waals surface area contributed by atoms with Gasteiger partial charge < -0.3 is 5.32 Å². The van der Waals surface area contributed by atoms with Crippen LogP contribution in [0, 0.1) is 12.3 Å². The van der Waals surface area contributed by atoms with Gasteiger partial charge in [0.05, 0.1) is 12.2 Å². The first kappa shape index (κ1) is 12.6. The molecule has 0 amide bonds. The van der Waals surface area contributed by atoms with Gasteiger partial charge in [-0.1, -0.05) is 20.8 Å². The fourth-order valence-electron chi connectivity index (χ4n) is 2.94. The molecule has 0 aromatic carbocycles. The molecule has 0 spiro atoms. The molecule has 1 aromatic heterocycles. The largest absolute Gasteiger partial charge is 0.312 e. The van der Waals surface area contributed by atoms with E-state index in [4.69, 9.17) is 0 Å². The Bertz CT molecular complexity index is 367. The van der Waals surface area contributed by atoms with Gasteiger partial charge in [0, 0.05) is 12.2 Å². The molecule has 96 valence electrons. The third-order valence-electron chi connectivity index (χ3n) is 3.90. The van der Waals surface area contributed by atoms with E-state index in [-0.39, 0.29) is 0 Å². The lowest BCUT2D eigenvalue weighted by Crippen LogP contribution is -2.44. The molecule has 1 saturated carbocycles. The molecule has 3 heteroatoms. The van der Waals surface area contributed by atoms with Crippen molar-refractivity contribution in [3.8, 4) is 0 Å². The molecule has 1 heterocycles. The molecule has 0 saturated heterocycles. The van der Waals surface area contributed by atoms with Crippen molar-refractivity contribution in [3.05, 3.63) is 18.0 Å². The van der Waals surface area contributed by atoms with Crippen LogP contribution < -0.4 is 5.32 Å². The Labute approximate surface area is 105 Å². The number of nitrogens with one attached hydrogen (secondary N) is 1. The molecule has 2 atom stereocenters. The molecule has 0 bridgehead atoms. The lowest BCUT2D eigenvalue weighted by atomic mass is 9.73. The molecule has 17 heavy (non-hydrogen) atoms. The van der Waals surface area contributed by atoms with Gasteiger partial charge in [-0.15, -0.1) is 0 Å². The summed E-state index contributed by atoms with van der Waals surface area (Å²) in [6.45, 7) is 10.1. The summed E-state index contributed by atoms with van der Waals surface area (Å²) in [5.41, 5.74) is 1.69. The number of aromatic nitrogens is 2. The van der Waals surface area contributed by atoms with Crippen molar-refractivity contribution in [2.45, 2.75) is 59.0 Å². The maximum absolute atomic E-state index is 4.51. The first-order valence-corrected chi connectivity index (χ1v) is 6.76. The van der Waals surface area contributed by atoms with Crippen LogP contribution in [-0.4, -0.2) is 22.4 Å². The quantitative estimate of drug-likeness (QED) is 0.873. The second kappa shape index (κ2) is 4.81. The first-order valence-electron chi connectivity index (χ1n) is 6.76. The highest BCUT2D eigenvalue weighted by molar-refractivity contribution is 5.03. The van der Waals surface area contributed by atoms with Gasteiger partial charge in [0.1, 0.15) is 0 Å². The fourth-order valence-corrected chi connectivity index (χ4v) is 2.94. The highest BCUT2D eigenvalue weighted by Gasteiger charge is 2.35. The van der Waals surface area contributed by atoms with E-state index >= 15 is 0 Å². The van der Waals surface area contributed by atoms with Crippen LogP contribution in [0.5, 0.6) is 0 Å². The Morgan fingerprint density at radius 2 is 2.29 bits per heavy atom. The average Bonchev–Trinajstić information content (AvgIpc) is 2.67. The number of nitrogens with zero attached hydrogens (tertiary/aromatic N) is 2. The molecule has 1 aromatic rings. The summed E-state index contributed by atoms with van der Waals surface area (Å²) in [4.78, 5) is 0. The molecular weight excluding hydrogens is 210 g/mol. The number of hydrogen-bond donors (Lipinski definition) is 1. The van der Waals surface area contributed by atoms with Crippen molar-refractivity contribution < 1.29 is 0 Å². The van der Waals surface area contributed by atoms with Gasteiger partial charge >= 0.3 is 0 Å². The third-order valence-corrected chi connectivity index (χ3v) is 3.90. The topological polar surface area (TPSA) is 29.9 Å². The Balaban J connectivity index is 2.18. The standard InChI is InChI=1S/C14H25N3/c1-5-15-12-6-7-14(3,4)8-13(12)17-10-11(2)9-16-17/h9-10,12-13,15H,5-8H2,1-4H3. The zero-order valence-corrected chi connectivity index (χ0v) is 11.5. The third kappa shape index (κ3) is 2.89. The van der Waals surface area contributed by atoms with E-state index in [2.05, 4.69) is 49.0 Å². The summed E-state index contributed by atoms with van der Waals surface area (Å²) in [5.74, 6) is 0. The minimum Gasteiger partial charge on any atom is -0.312 e. The van der Waals surface area contributed by atoms with E-state index in [1.54, 1.807) is 0 Å². The van der Waals surface area contributed by atoms with Crippen LogP contribution >= 0.6 is 0 Å². The summed E-state index contributed by atoms with van der Waals surface area (Å²) in [5, 5.41) is 8.13. The van der Waals surface area contributed by atoms with Gasteiger partial charge in [-0.25, -0.2) is 0 Å². The van der Waals surface area contributed by atoms with E-state index in [0.29, 0.717) is 17.5 Å². The summed E-state index contributed by atoms with van der Waals surface area (Å²) in [6.07, 6.45) is 7.92. The molecule has 2 rings (SSSR count). The van der Waals surface area contributed by atoms with E-state index < -0.39 is 0 Å². The maximum Gasteiger partial charge on any atom is 0.0677 e. The van der Waals surface area contributed by atoms with Gasteiger partial charge in [0.25, 0.3) is 0 Å². The summed E-state index contributed by atoms with van der Waals surface area (Å²) < 4.78 is 2.17. The van der Waals surface area contributed by atoms with Crippen LogP contribution in [0.2, 0.25) is 0 Å². The van der Waals surface area contributed by atoms with Crippen LogP contribution in [0.4, 0.5) is 0 Å². The summed E-state index contributed by atoms with van der Waals surface area (Å²) in [6, 6.07) is 1.08. The Kier molecular flexibility index (Phi) is 3.57. The van der Waals surface area contributed by atoms with E-state index in [1.807, 2.05) is 6.20 Å². The summed E-state index contributed by atoms with van der Waals surface area (Å²) >= 11 is 0. The lowest BCUT2D eigenvalue weighted by Gasteiger charge is -2.41. The maximum atomic E-state index is 4.51. The Morgan fingerprint density at radius 1 is 1.53 bits per heavy atom. The summed E-state index contributed by atoms with van der Waals surface area (Å²) in [7, 11) is 0. The molecule has 3 nitrogen and oxygen atoms in total. The smallest absolute Gasteiger partial charge is 0.0677 e. The lowest BCUT2D eigenvalue weighted by molar-refractivity contribution is 0.135. The normalized spacial score (nSPS) is 28.2. The first-order chi connectivity index (χ1) is 8.02. The van der Waals surface area contributed by atoms with Gasteiger partial charge in [-0.3, -0.25) is 4.68 Å². The number of aryl methyl sites for hydroxylation is 1. The number of likely N-dealkylation sites (N-methyl/N-ethyl adjacent to an activating group) is 1. The van der Waals surface area contributed by atoms with Crippen LogP contribution in [0.1, 0.15) is 51.6 Å². The van der Waals surface area contributed by atoms with E-state index in [9.17, 15) is 0 Å². The van der Waals surface area contributed by atoms with Crippen LogP contribution in [0.15, 0.2) is 12.4 Å². The van der Waals surface area contributed by atoms with Crippen molar-refractivity contribution in [1.29, 1.82) is 0 Å². The van der Waals surface area contributed by atoms with Gasteiger partial charge in [0.2, 0.25) is 0 Å². The van der Waals surface area contributed by atoms with Gasteiger partial charge in [-0.05, 0) is 43.7 Å². The van der Waals surface area contributed by atoms with E-state index in [1.165, 1.54) is 24.8 Å². The second-order valence-corrected chi connectivity index (χ2v) is 6.14. The molecule has 1 aliphatic rings. The zero-order chi connectivity index (χ0) is 12.5.